The summed E-state index contributed by atoms with van der Waals surface area (Å²) in [6.07, 6.45) is 0.878. The van der Waals surface area contributed by atoms with Crippen molar-refractivity contribution in [2.24, 2.45) is 0 Å². The van der Waals surface area contributed by atoms with Crippen molar-refractivity contribution in [2.45, 2.75) is 13.5 Å². The molecule has 1 amide bonds. The Balaban J connectivity index is 1.63. The average Bonchev–Trinajstić information content (AvgIpc) is 3.02. The molecule has 0 saturated carbocycles. The van der Waals surface area contributed by atoms with E-state index in [0.29, 0.717) is 11.4 Å². The Labute approximate surface area is 150 Å². The van der Waals surface area contributed by atoms with Crippen LogP contribution in [0, 0.1) is 12.7 Å². The van der Waals surface area contributed by atoms with Crippen LogP contribution in [0.4, 0.5) is 9.18 Å². The van der Waals surface area contributed by atoms with E-state index in [1.165, 1.54) is 18.3 Å². The molecule has 0 aliphatic carbocycles. The molecule has 0 saturated heterocycles. The maximum Gasteiger partial charge on any atom is 0.412 e. The second kappa shape index (κ2) is 7.69. The maximum absolute atomic E-state index is 12.9. The highest BCUT2D eigenvalue weighted by atomic mass is 19.1. The highest BCUT2D eigenvalue weighted by Gasteiger charge is 2.13. The number of halogens is 1. The van der Waals surface area contributed by atoms with Gasteiger partial charge in [0.1, 0.15) is 11.6 Å². The number of benzene rings is 2. The number of nitrogens with zero attached hydrogens (tertiary/aromatic N) is 2. The molecule has 0 atom stereocenters. The Kier molecular flexibility index (Phi) is 5.17. The van der Waals surface area contributed by atoms with Crippen molar-refractivity contribution in [2.75, 3.05) is 7.11 Å². The van der Waals surface area contributed by atoms with Crippen LogP contribution in [0.2, 0.25) is 0 Å². The van der Waals surface area contributed by atoms with Gasteiger partial charge in [-0.3, -0.25) is 0 Å². The normalized spacial score (nSPS) is 10.4. The van der Waals surface area contributed by atoms with Gasteiger partial charge in [-0.05, 0) is 48.9 Å². The number of ether oxygens (including phenoxy) is 2. The minimum atomic E-state index is -0.605. The third-order valence-corrected chi connectivity index (χ3v) is 3.83. The van der Waals surface area contributed by atoms with Crippen molar-refractivity contribution < 1.29 is 18.7 Å². The SMILES string of the molecule is COc1ccc(-n2ncc(OC(=O)NCc3ccc(F)cc3)c2C)cc1. The quantitative estimate of drug-likeness (QED) is 0.759. The third kappa shape index (κ3) is 4.00. The van der Waals surface area contributed by atoms with Gasteiger partial charge in [0, 0.05) is 6.54 Å². The molecule has 1 heterocycles. The van der Waals surface area contributed by atoms with Crippen molar-refractivity contribution in [3.05, 3.63) is 71.8 Å². The zero-order valence-electron chi connectivity index (χ0n) is 14.4. The van der Waals surface area contributed by atoms with Crippen LogP contribution in [-0.4, -0.2) is 23.0 Å². The van der Waals surface area contributed by atoms with Crippen LogP contribution in [0.5, 0.6) is 11.5 Å². The lowest BCUT2D eigenvalue weighted by molar-refractivity contribution is 0.199. The zero-order valence-corrected chi connectivity index (χ0v) is 14.4. The van der Waals surface area contributed by atoms with Gasteiger partial charge >= 0.3 is 6.09 Å². The Bertz CT molecular complexity index is 889. The first kappa shape index (κ1) is 17.5. The predicted octanol–water partition coefficient (Wildman–Crippen LogP) is 3.62. The monoisotopic (exact) mass is 355 g/mol. The number of carbonyl (C=O) groups excluding carboxylic acids is 1. The van der Waals surface area contributed by atoms with Crippen LogP contribution in [0.25, 0.3) is 5.69 Å². The van der Waals surface area contributed by atoms with E-state index in [4.69, 9.17) is 9.47 Å². The van der Waals surface area contributed by atoms with Crippen LogP contribution < -0.4 is 14.8 Å². The van der Waals surface area contributed by atoms with Crippen molar-refractivity contribution >= 4 is 6.09 Å². The molecule has 6 nitrogen and oxygen atoms in total. The summed E-state index contributed by atoms with van der Waals surface area (Å²) >= 11 is 0. The first-order valence-corrected chi connectivity index (χ1v) is 7.96. The summed E-state index contributed by atoms with van der Waals surface area (Å²) in [5.41, 5.74) is 2.28. The lowest BCUT2D eigenvalue weighted by Crippen LogP contribution is -2.26. The molecule has 0 spiro atoms. The van der Waals surface area contributed by atoms with Gasteiger partial charge < -0.3 is 14.8 Å². The van der Waals surface area contributed by atoms with E-state index < -0.39 is 6.09 Å². The highest BCUT2D eigenvalue weighted by Crippen LogP contribution is 2.22. The molecule has 0 fully saturated rings. The van der Waals surface area contributed by atoms with E-state index in [2.05, 4.69) is 10.4 Å². The molecule has 134 valence electrons. The summed E-state index contributed by atoms with van der Waals surface area (Å²) in [5, 5.41) is 6.87. The number of aromatic nitrogens is 2. The Hall–Kier alpha value is -3.35. The van der Waals surface area contributed by atoms with Crippen LogP contribution in [0.1, 0.15) is 11.3 Å². The van der Waals surface area contributed by atoms with Crippen LogP contribution >= 0.6 is 0 Å². The van der Waals surface area contributed by atoms with Crippen LogP contribution in [0.15, 0.2) is 54.7 Å². The van der Waals surface area contributed by atoms with Crippen molar-refractivity contribution in [3.63, 3.8) is 0 Å². The van der Waals surface area contributed by atoms with Gasteiger partial charge in [-0.25, -0.2) is 13.9 Å². The summed E-state index contributed by atoms with van der Waals surface area (Å²) < 4.78 is 25.0. The number of rotatable bonds is 5. The zero-order chi connectivity index (χ0) is 18.5. The molecule has 0 radical (unpaired) electrons. The summed E-state index contributed by atoms with van der Waals surface area (Å²) in [6, 6.07) is 13.2. The first-order chi connectivity index (χ1) is 12.6. The molecule has 7 heteroatoms. The fraction of sp³-hybridized carbons (Fsp3) is 0.158. The van der Waals surface area contributed by atoms with E-state index in [1.807, 2.05) is 24.3 Å². The van der Waals surface area contributed by atoms with Gasteiger partial charge in [-0.2, -0.15) is 5.10 Å². The summed E-state index contributed by atoms with van der Waals surface area (Å²) in [7, 11) is 1.60. The van der Waals surface area contributed by atoms with Crippen LogP contribution in [0.3, 0.4) is 0 Å². The Morgan fingerprint density at radius 3 is 2.50 bits per heavy atom. The topological polar surface area (TPSA) is 65.4 Å². The number of carbonyl (C=O) groups is 1. The molecule has 26 heavy (non-hydrogen) atoms. The van der Waals surface area contributed by atoms with Crippen LogP contribution in [-0.2, 0) is 6.54 Å². The standard InChI is InChI=1S/C19H18FN3O3/c1-13-18(12-22-23(13)16-7-9-17(25-2)10-8-16)26-19(24)21-11-14-3-5-15(20)6-4-14/h3-10,12H,11H2,1-2H3,(H,21,24). The molecule has 3 aromatic rings. The lowest BCUT2D eigenvalue weighted by Gasteiger charge is -2.08. The van der Waals surface area contributed by atoms with Gasteiger partial charge in [-0.15, -0.1) is 0 Å². The van der Waals surface area contributed by atoms with Crippen molar-refractivity contribution in [1.82, 2.24) is 15.1 Å². The molecular weight excluding hydrogens is 337 g/mol. The predicted molar refractivity (Wildman–Crippen MR) is 94.1 cm³/mol. The fourth-order valence-electron chi connectivity index (χ4n) is 2.39. The number of hydrogen-bond acceptors (Lipinski definition) is 4. The van der Waals surface area contributed by atoms with Gasteiger partial charge in [0.05, 0.1) is 24.7 Å². The summed E-state index contributed by atoms with van der Waals surface area (Å²) in [5.74, 6) is 0.783. The van der Waals surface area contributed by atoms with Crippen molar-refractivity contribution in [3.8, 4) is 17.2 Å². The van der Waals surface area contributed by atoms with E-state index >= 15 is 0 Å². The summed E-state index contributed by atoms with van der Waals surface area (Å²) in [6.45, 7) is 2.05. The number of hydrogen-bond donors (Lipinski definition) is 1. The fourth-order valence-corrected chi connectivity index (χ4v) is 2.39. The Morgan fingerprint density at radius 2 is 1.85 bits per heavy atom. The smallest absolute Gasteiger partial charge is 0.412 e. The molecule has 1 aromatic heterocycles. The van der Waals surface area contributed by atoms with E-state index in [9.17, 15) is 9.18 Å². The summed E-state index contributed by atoms with van der Waals surface area (Å²) in [4.78, 5) is 12.0. The van der Waals surface area contributed by atoms with E-state index in [0.717, 1.165) is 17.0 Å². The minimum absolute atomic E-state index is 0.241. The maximum atomic E-state index is 12.9. The molecule has 3 rings (SSSR count). The second-order valence-electron chi connectivity index (χ2n) is 5.57. The number of nitrogens with one attached hydrogen (secondary N) is 1. The van der Waals surface area contributed by atoms with E-state index in [1.54, 1.807) is 30.8 Å². The molecule has 0 aliphatic heterocycles. The highest BCUT2D eigenvalue weighted by molar-refractivity contribution is 5.70. The second-order valence-corrected chi connectivity index (χ2v) is 5.57. The lowest BCUT2D eigenvalue weighted by atomic mass is 10.2. The van der Waals surface area contributed by atoms with Crippen molar-refractivity contribution in [1.29, 1.82) is 0 Å². The molecule has 0 aliphatic rings. The van der Waals surface area contributed by atoms with Gasteiger partial charge in [0.15, 0.2) is 5.75 Å². The molecule has 1 N–H and O–H groups in total. The van der Waals surface area contributed by atoms with Gasteiger partial charge in [0.2, 0.25) is 0 Å². The average molecular weight is 355 g/mol. The molecule has 2 aromatic carbocycles. The molecular formula is C19H18FN3O3. The van der Waals surface area contributed by atoms with E-state index in [-0.39, 0.29) is 12.4 Å². The van der Waals surface area contributed by atoms with Gasteiger partial charge in [0.25, 0.3) is 0 Å². The minimum Gasteiger partial charge on any atom is -0.497 e. The van der Waals surface area contributed by atoms with Gasteiger partial charge in [-0.1, -0.05) is 12.1 Å². The largest absolute Gasteiger partial charge is 0.497 e. The Morgan fingerprint density at radius 1 is 1.15 bits per heavy atom. The number of amides is 1. The molecule has 0 bridgehead atoms. The number of methoxy groups -OCH3 is 1. The third-order valence-electron chi connectivity index (χ3n) is 3.83. The first-order valence-electron chi connectivity index (χ1n) is 7.96. The molecule has 0 unspecified atom stereocenters.